The Morgan fingerprint density at radius 3 is 2.21 bits per heavy atom. The lowest BCUT2D eigenvalue weighted by Gasteiger charge is -2.31. The maximum absolute atomic E-state index is 14.8. The predicted octanol–water partition coefficient (Wildman–Crippen LogP) is 4.81. The quantitative estimate of drug-likeness (QED) is 0.443. The molecular weight excluding hydrogens is 506 g/mol. The Bertz CT molecular complexity index is 1130. The number of anilines is 1. The van der Waals surface area contributed by atoms with Crippen molar-refractivity contribution in [2.75, 3.05) is 11.4 Å². The summed E-state index contributed by atoms with van der Waals surface area (Å²) >= 11 is 11.9. The number of amides is 1. The smallest absolute Gasteiger partial charge is 0.328 e. The minimum absolute atomic E-state index is 0.0383. The molecule has 0 bridgehead atoms. The Kier molecular flexibility index (Phi) is 9.73. The predicted molar refractivity (Wildman–Crippen MR) is 130 cm³/mol. The summed E-state index contributed by atoms with van der Waals surface area (Å²) in [5.41, 5.74) is -0.245. The third-order valence-corrected chi connectivity index (χ3v) is 7.57. The van der Waals surface area contributed by atoms with Crippen LogP contribution in [0.5, 0.6) is 0 Å². The van der Waals surface area contributed by atoms with E-state index < -0.39 is 39.8 Å². The summed E-state index contributed by atoms with van der Waals surface area (Å²) in [7, 11) is -3.01. The molecule has 0 saturated heterocycles. The Morgan fingerprint density at radius 1 is 1.06 bits per heavy atom. The van der Waals surface area contributed by atoms with E-state index in [1.165, 1.54) is 43.5 Å². The van der Waals surface area contributed by atoms with E-state index in [0.29, 0.717) is 5.02 Å². The molecule has 0 radical (unpaired) electrons. The van der Waals surface area contributed by atoms with Crippen LogP contribution in [0.2, 0.25) is 10.0 Å². The SMILES string of the molecule is COC(=O)[C@@H](NC(=O)CC[C@@H](C)N(c1cc(Cl)ccc1F)S(=O)(=O)c1ccc(Cl)cc1)C(C)C. The highest BCUT2D eigenvalue weighted by molar-refractivity contribution is 7.92. The minimum atomic E-state index is -4.24. The second-order valence-electron chi connectivity index (χ2n) is 8.05. The molecule has 11 heteroatoms. The van der Waals surface area contributed by atoms with Gasteiger partial charge in [0.1, 0.15) is 11.9 Å². The molecule has 0 spiro atoms. The van der Waals surface area contributed by atoms with Gasteiger partial charge in [0.15, 0.2) is 0 Å². The molecule has 0 fully saturated rings. The summed E-state index contributed by atoms with van der Waals surface area (Å²) in [6.07, 6.45) is -0.0766. The minimum Gasteiger partial charge on any atom is -0.467 e. The van der Waals surface area contributed by atoms with E-state index in [0.717, 1.165) is 10.4 Å². The molecule has 0 aliphatic carbocycles. The molecule has 2 aromatic rings. The van der Waals surface area contributed by atoms with Crippen molar-refractivity contribution in [3.05, 3.63) is 58.3 Å². The number of nitrogens with one attached hydrogen (secondary N) is 1. The molecule has 2 rings (SSSR count). The molecular formula is C23H27Cl2FN2O5S. The van der Waals surface area contributed by atoms with Gasteiger partial charge in [0.2, 0.25) is 5.91 Å². The van der Waals surface area contributed by atoms with Crippen molar-refractivity contribution in [1.82, 2.24) is 5.32 Å². The number of esters is 1. The van der Waals surface area contributed by atoms with Gasteiger partial charge in [0, 0.05) is 22.5 Å². The molecule has 0 saturated carbocycles. The third-order valence-electron chi connectivity index (χ3n) is 5.14. The average Bonchev–Trinajstić information content (AvgIpc) is 2.78. The Hall–Kier alpha value is -2.36. The normalized spacial score (nSPS) is 13.3. The van der Waals surface area contributed by atoms with Crippen LogP contribution in [0.4, 0.5) is 10.1 Å². The zero-order valence-electron chi connectivity index (χ0n) is 19.2. The van der Waals surface area contributed by atoms with Crippen LogP contribution in [0, 0.1) is 11.7 Å². The van der Waals surface area contributed by atoms with Gasteiger partial charge in [-0.3, -0.25) is 9.10 Å². The number of carbonyl (C=O) groups excluding carboxylic acids is 2. The van der Waals surface area contributed by atoms with Crippen molar-refractivity contribution in [1.29, 1.82) is 0 Å². The van der Waals surface area contributed by atoms with Crippen molar-refractivity contribution >= 4 is 50.8 Å². The topological polar surface area (TPSA) is 92.8 Å². The molecule has 0 aliphatic rings. The standard InChI is InChI=1S/C23H27Cl2FN2O5S/c1-14(2)22(23(30)33-4)27-21(29)12-5-15(3)28(20-13-17(25)8-11-19(20)26)34(31,32)18-9-6-16(24)7-10-18/h6-11,13-15,22H,5,12H2,1-4H3,(H,27,29)/t15-,22+/m1/s1. The van der Waals surface area contributed by atoms with E-state index in [9.17, 15) is 22.4 Å². The Morgan fingerprint density at radius 2 is 1.65 bits per heavy atom. The van der Waals surface area contributed by atoms with Gasteiger partial charge in [-0.15, -0.1) is 0 Å². The molecule has 0 aliphatic heterocycles. The molecule has 1 N–H and O–H groups in total. The molecule has 2 aromatic carbocycles. The molecule has 1 amide bonds. The van der Waals surface area contributed by atoms with Crippen molar-refractivity contribution in [3.63, 3.8) is 0 Å². The molecule has 7 nitrogen and oxygen atoms in total. The average molecular weight is 533 g/mol. The van der Waals surface area contributed by atoms with E-state index in [2.05, 4.69) is 5.32 Å². The van der Waals surface area contributed by atoms with Crippen LogP contribution in [0.3, 0.4) is 0 Å². The monoisotopic (exact) mass is 532 g/mol. The zero-order valence-corrected chi connectivity index (χ0v) is 21.5. The van der Waals surface area contributed by atoms with Crippen LogP contribution >= 0.6 is 23.2 Å². The van der Waals surface area contributed by atoms with Gasteiger partial charge in [0.25, 0.3) is 10.0 Å². The first kappa shape index (κ1) is 27.9. The van der Waals surface area contributed by atoms with E-state index in [1.54, 1.807) is 20.8 Å². The first-order valence-corrected chi connectivity index (χ1v) is 12.7. The van der Waals surface area contributed by atoms with Crippen LogP contribution in [-0.2, 0) is 24.3 Å². The van der Waals surface area contributed by atoms with Crippen LogP contribution in [0.25, 0.3) is 0 Å². The number of rotatable bonds is 10. The zero-order chi connectivity index (χ0) is 25.6. The lowest BCUT2D eigenvalue weighted by molar-refractivity contribution is -0.146. The molecule has 0 heterocycles. The first-order chi connectivity index (χ1) is 15.9. The van der Waals surface area contributed by atoms with Crippen LogP contribution < -0.4 is 9.62 Å². The highest BCUT2D eigenvalue weighted by Gasteiger charge is 2.32. The fraction of sp³-hybridized carbons (Fsp3) is 0.391. The molecule has 186 valence electrons. The second kappa shape index (κ2) is 11.9. The van der Waals surface area contributed by atoms with Gasteiger partial charge in [-0.05, 0) is 61.7 Å². The van der Waals surface area contributed by atoms with Crippen molar-refractivity contribution in [3.8, 4) is 0 Å². The molecule has 0 aromatic heterocycles. The number of carbonyl (C=O) groups is 2. The number of nitrogens with zero attached hydrogens (tertiary/aromatic N) is 1. The lowest BCUT2D eigenvalue weighted by atomic mass is 10.0. The van der Waals surface area contributed by atoms with E-state index in [-0.39, 0.29) is 34.4 Å². The van der Waals surface area contributed by atoms with Crippen LogP contribution in [0.15, 0.2) is 47.4 Å². The van der Waals surface area contributed by atoms with Gasteiger partial charge >= 0.3 is 5.97 Å². The summed E-state index contributed by atoms with van der Waals surface area (Å²) in [5.74, 6) is -2.05. The van der Waals surface area contributed by atoms with Gasteiger partial charge in [0.05, 0.1) is 17.7 Å². The largest absolute Gasteiger partial charge is 0.467 e. The maximum Gasteiger partial charge on any atom is 0.328 e. The fourth-order valence-electron chi connectivity index (χ4n) is 3.31. The first-order valence-electron chi connectivity index (χ1n) is 10.5. The van der Waals surface area contributed by atoms with Gasteiger partial charge < -0.3 is 10.1 Å². The Labute approximate surface area is 209 Å². The molecule has 0 unspecified atom stereocenters. The van der Waals surface area contributed by atoms with Gasteiger partial charge in [-0.25, -0.2) is 17.6 Å². The number of methoxy groups -OCH3 is 1. The number of ether oxygens (including phenoxy) is 1. The van der Waals surface area contributed by atoms with Gasteiger partial charge in [-0.1, -0.05) is 37.0 Å². The highest BCUT2D eigenvalue weighted by Crippen LogP contribution is 2.32. The summed E-state index contributed by atoms with van der Waals surface area (Å²) in [5, 5.41) is 3.10. The van der Waals surface area contributed by atoms with Crippen molar-refractivity contribution in [2.45, 2.75) is 50.6 Å². The Balaban J connectivity index is 2.34. The summed E-state index contributed by atoms with van der Waals surface area (Å²) in [6.45, 7) is 5.07. The lowest BCUT2D eigenvalue weighted by Crippen LogP contribution is -2.45. The van der Waals surface area contributed by atoms with E-state index in [1.807, 2.05) is 0 Å². The second-order valence-corrected chi connectivity index (χ2v) is 10.7. The summed E-state index contributed by atoms with van der Waals surface area (Å²) in [4.78, 5) is 24.3. The number of hydrogen-bond donors (Lipinski definition) is 1. The number of hydrogen-bond acceptors (Lipinski definition) is 5. The number of sulfonamides is 1. The number of halogens is 3. The summed E-state index contributed by atoms with van der Waals surface area (Å²) in [6, 6.07) is 7.38. The van der Waals surface area contributed by atoms with E-state index >= 15 is 0 Å². The summed E-state index contributed by atoms with van der Waals surface area (Å²) < 4.78 is 47.4. The fourth-order valence-corrected chi connectivity index (χ4v) is 5.28. The van der Waals surface area contributed by atoms with Crippen molar-refractivity contribution in [2.24, 2.45) is 5.92 Å². The van der Waals surface area contributed by atoms with Gasteiger partial charge in [-0.2, -0.15) is 0 Å². The molecule has 34 heavy (non-hydrogen) atoms. The third kappa shape index (κ3) is 6.84. The maximum atomic E-state index is 14.8. The van der Waals surface area contributed by atoms with E-state index in [4.69, 9.17) is 27.9 Å². The number of benzene rings is 2. The van der Waals surface area contributed by atoms with Crippen LogP contribution in [0.1, 0.15) is 33.6 Å². The van der Waals surface area contributed by atoms with Crippen molar-refractivity contribution < 1.29 is 27.1 Å². The van der Waals surface area contributed by atoms with Crippen LogP contribution in [-0.4, -0.2) is 39.5 Å². The molecule has 2 atom stereocenters. The highest BCUT2D eigenvalue weighted by atomic mass is 35.5.